The van der Waals surface area contributed by atoms with Crippen molar-refractivity contribution >= 4 is 17.7 Å². The number of benzene rings is 1. The maximum atomic E-state index is 12.7. The highest BCUT2D eigenvalue weighted by molar-refractivity contribution is 7.99. The Labute approximate surface area is 198 Å². The standard InChI is InChI=1S/C24H31N5O3S/c1-17(2)19-5-7-20(8-6-19)29-16-26-27-24(29)33-15-23(30)25-14-21(22-9-4-18(3)32-22)28-10-12-31-13-11-28/h4-9,16-17,21H,10-15H2,1-3H3,(H,25,30). The molecular weight excluding hydrogens is 438 g/mol. The number of hydrogen-bond acceptors (Lipinski definition) is 7. The van der Waals surface area contributed by atoms with Crippen molar-refractivity contribution in [2.45, 2.75) is 37.9 Å². The molecule has 1 fully saturated rings. The van der Waals surface area contributed by atoms with E-state index in [1.54, 1.807) is 6.33 Å². The summed E-state index contributed by atoms with van der Waals surface area (Å²) in [7, 11) is 0. The van der Waals surface area contributed by atoms with Crippen LogP contribution in [0.4, 0.5) is 0 Å². The van der Waals surface area contributed by atoms with Crippen LogP contribution in [0.2, 0.25) is 0 Å². The van der Waals surface area contributed by atoms with Crippen molar-refractivity contribution < 1.29 is 13.9 Å². The van der Waals surface area contributed by atoms with E-state index >= 15 is 0 Å². The van der Waals surface area contributed by atoms with Gasteiger partial charge in [-0.15, -0.1) is 10.2 Å². The van der Waals surface area contributed by atoms with E-state index < -0.39 is 0 Å². The Balaban J connectivity index is 1.35. The van der Waals surface area contributed by atoms with Crippen molar-refractivity contribution in [2.24, 2.45) is 0 Å². The molecule has 2 aromatic heterocycles. The predicted octanol–water partition coefficient (Wildman–Crippen LogP) is 3.57. The second-order valence-corrected chi connectivity index (χ2v) is 9.38. The SMILES string of the molecule is Cc1ccc(C(CNC(=O)CSc2nncn2-c2ccc(C(C)C)cc2)N2CCOCC2)o1. The molecule has 9 heteroatoms. The van der Waals surface area contributed by atoms with E-state index in [9.17, 15) is 4.79 Å². The number of ether oxygens (including phenoxy) is 1. The number of carbonyl (C=O) groups excluding carboxylic acids is 1. The highest BCUT2D eigenvalue weighted by Crippen LogP contribution is 2.24. The fourth-order valence-corrected chi connectivity index (χ4v) is 4.60. The number of morpholine rings is 1. The number of nitrogens with one attached hydrogen (secondary N) is 1. The fourth-order valence-electron chi connectivity index (χ4n) is 3.84. The summed E-state index contributed by atoms with van der Waals surface area (Å²) in [4.78, 5) is 15.0. The van der Waals surface area contributed by atoms with Gasteiger partial charge in [0.1, 0.15) is 17.8 Å². The maximum Gasteiger partial charge on any atom is 0.230 e. The minimum atomic E-state index is -0.0498. The summed E-state index contributed by atoms with van der Waals surface area (Å²) in [6.07, 6.45) is 1.68. The predicted molar refractivity (Wildman–Crippen MR) is 128 cm³/mol. The van der Waals surface area contributed by atoms with Crippen LogP contribution in [0.25, 0.3) is 5.69 Å². The fraction of sp³-hybridized carbons (Fsp3) is 0.458. The van der Waals surface area contributed by atoms with Crippen LogP contribution in [0.5, 0.6) is 0 Å². The molecule has 1 aromatic carbocycles. The highest BCUT2D eigenvalue weighted by Gasteiger charge is 2.25. The van der Waals surface area contributed by atoms with E-state index in [0.717, 1.165) is 30.3 Å². The summed E-state index contributed by atoms with van der Waals surface area (Å²) in [5.41, 5.74) is 2.26. The van der Waals surface area contributed by atoms with Gasteiger partial charge in [-0.05, 0) is 42.7 Å². The molecule has 1 amide bonds. The lowest BCUT2D eigenvalue weighted by atomic mass is 10.0. The van der Waals surface area contributed by atoms with Gasteiger partial charge in [0.25, 0.3) is 0 Å². The van der Waals surface area contributed by atoms with Gasteiger partial charge in [0.2, 0.25) is 5.91 Å². The first-order valence-corrected chi connectivity index (χ1v) is 12.3. The van der Waals surface area contributed by atoms with Crippen molar-refractivity contribution in [1.82, 2.24) is 25.0 Å². The molecule has 33 heavy (non-hydrogen) atoms. The van der Waals surface area contributed by atoms with Gasteiger partial charge in [-0.1, -0.05) is 37.7 Å². The average molecular weight is 470 g/mol. The summed E-state index contributed by atoms with van der Waals surface area (Å²) in [6, 6.07) is 12.3. The molecule has 176 valence electrons. The zero-order chi connectivity index (χ0) is 23.2. The first-order chi connectivity index (χ1) is 16.0. The van der Waals surface area contributed by atoms with Gasteiger partial charge in [-0.2, -0.15) is 0 Å². The number of thioether (sulfide) groups is 1. The monoisotopic (exact) mass is 469 g/mol. The van der Waals surface area contributed by atoms with E-state index in [2.05, 4.69) is 58.5 Å². The van der Waals surface area contributed by atoms with Crippen LogP contribution in [0.3, 0.4) is 0 Å². The number of rotatable bonds is 9. The number of aryl methyl sites for hydroxylation is 1. The van der Waals surface area contributed by atoms with Crippen molar-refractivity contribution in [3.8, 4) is 5.69 Å². The zero-order valence-corrected chi connectivity index (χ0v) is 20.2. The Kier molecular flexibility index (Phi) is 7.85. The minimum absolute atomic E-state index is 0.0142. The van der Waals surface area contributed by atoms with Gasteiger partial charge < -0.3 is 14.5 Å². The molecule has 8 nitrogen and oxygen atoms in total. The third kappa shape index (κ3) is 6.04. The van der Waals surface area contributed by atoms with Crippen molar-refractivity contribution in [2.75, 3.05) is 38.6 Å². The first-order valence-electron chi connectivity index (χ1n) is 11.3. The summed E-state index contributed by atoms with van der Waals surface area (Å²) in [5, 5.41) is 12.0. The topological polar surface area (TPSA) is 85.4 Å². The van der Waals surface area contributed by atoms with Crippen LogP contribution in [0, 0.1) is 6.92 Å². The molecule has 1 aliphatic heterocycles. The van der Waals surface area contributed by atoms with Crippen LogP contribution in [0.1, 0.15) is 42.9 Å². The van der Waals surface area contributed by atoms with E-state index in [-0.39, 0.29) is 17.7 Å². The summed E-state index contributed by atoms with van der Waals surface area (Å²) < 4.78 is 13.3. The lowest BCUT2D eigenvalue weighted by Gasteiger charge is -2.33. The Hall–Kier alpha value is -2.62. The number of furan rings is 1. The van der Waals surface area contributed by atoms with Crippen molar-refractivity contribution in [1.29, 1.82) is 0 Å². The van der Waals surface area contributed by atoms with Gasteiger partial charge in [0.15, 0.2) is 5.16 Å². The van der Waals surface area contributed by atoms with Crippen LogP contribution < -0.4 is 5.32 Å². The van der Waals surface area contributed by atoms with Crippen LogP contribution >= 0.6 is 11.8 Å². The lowest BCUT2D eigenvalue weighted by molar-refractivity contribution is -0.118. The summed E-state index contributed by atoms with van der Waals surface area (Å²) >= 11 is 1.37. The molecule has 0 radical (unpaired) electrons. The molecule has 4 rings (SSSR count). The number of hydrogen-bond donors (Lipinski definition) is 1. The number of amides is 1. The molecule has 0 saturated carbocycles. The number of carbonyl (C=O) groups is 1. The van der Waals surface area contributed by atoms with Gasteiger partial charge in [0.05, 0.1) is 25.0 Å². The lowest BCUT2D eigenvalue weighted by Crippen LogP contribution is -2.44. The summed E-state index contributed by atoms with van der Waals surface area (Å²) in [6.45, 7) is 9.76. The van der Waals surface area contributed by atoms with Crippen LogP contribution in [-0.4, -0.2) is 64.2 Å². The third-order valence-corrected chi connectivity index (χ3v) is 6.70. The Morgan fingerprint density at radius 2 is 1.91 bits per heavy atom. The van der Waals surface area contributed by atoms with Gasteiger partial charge in [-0.3, -0.25) is 14.3 Å². The Bertz CT molecular complexity index is 1040. The summed E-state index contributed by atoms with van der Waals surface area (Å²) in [5.74, 6) is 2.42. The third-order valence-electron chi connectivity index (χ3n) is 5.76. The molecule has 0 bridgehead atoms. The van der Waals surface area contributed by atoms with Gasteiger partial charge in [0, 0.05) is 25.3 Å². The quantitative estimate of drug-likeness (QED) is 0.480. The molecule has 1 N–H and O–H groups in total. The molecule has 3 aromatic rings. The second-order valence-electron chi connectivity index (χ2n) is 8.44. The minimum Gasteiger partial charge on any atom is -0.465 e. The van der Waals surface area contributed by atoms with E-state index in [0.29, 0.717) is 30.8 Å². The molecular formula is C24H31N5O3S. The smallest absolute Gasteiger partial charge is 0.230 e. The molecule has 1 saturated heterocycles. The molecule has 1 atom stereocenters. The number of nitrogens with zero attached hydrogens (tertiary/aromatic N) is 4. The second kappa shape index (κ2) is 11.0. The van der Waals surface area contributed by atoms with Crippen LogP contribution in [0.15, 0.2) is 52.3 Å². The van der Waals surface area contributed by atoms with Crippen molar-refractivity contribution in [3.63, 3.8) is 0 Å². The number of aromatic nitrogens is 3. The molecule has 3 heterocycles. The highest BCUT2D eigenvalue weighted by atomic mass is 32.2. The Morgan fingerprint density at radius 1 is 1.15 bits per heavy atom. The molecule has 0 spiro atoms. The largest absolute Gasteiger partial charge is 0.465 e. The van der Waals surface area contributed by atoms with E-state index in [4.69, 9.17) is 9.15 Å². The zero-order valence-electron chi connectivity index (χ0n) is 19.4. The molecule has 1 aliphatic rings. The van der Waals surface area contributed by atoms with Gasteiger partial charge >= 0.3 is 0 Å². The van der Waals surface area contributed by atoms with Crippen LogP contribution in [-0.2, 0) is 9.53 Å². The first kappa shape index (κ1) is 23.5. The average Bonchev–Trinajstić information content (AvgIpc) is 3.47. The van der Waals surface area contributed by atoms with Gasteiger partial charge in [-0.25, -0.2) is 0 Å². The maximum absolute atomic E-state index is 12.7. The normalized spacial score (nSPS) is 15.6. The van der Waals surface area contributed by atoms with E-state index in [1.165, 1.54) is 17.3 Å². The molecule has 1 unspecified atom stereocenters. The Morgan fingerprint density at radius 3 is 2.58 bits per heavy atom. The molecule has 0 aliphatic carbocycles. The van der Waals surface area contributed by atoms with Crippen molar-refractivity contribution in [3.05, 3.63) is 59.8 Å². The van der Waals surface area contributed by atoms with E-state index in [1.807, 2.05) is 23.6 Å².